The van der Waals surface area contributed by atoms with E-state index >= 15 is 0 Å². The first kappa shape index (κ1) is 21.4. The molecule has 0 aliphatic rings. The molecule has 0 spiro atoms. The van der Waals surface area contributed by atoms with Gasteiger partial charge >= 0.3 is 0 Å². The van der Waals surface area contributed by atoms with E-state index in [1.807, 2.05) is 0 Å². The lowest BCUT2D eigenvalue weighted by atomic mass is 10.1. The lowest BCUT2D eigenvalue weighted by Gasteiger charge is -2.21. The number of ether oxygens (including phenoxy) is 1. The summed E-state index contributed by atoms with van der Waals surface area (Å²) in [7, 11) is 0. The van der Waals surface area contributed by atoms with Crippen LogP contribution in [0.2, 0.25) is 0 Å². The van der Waals surface area contributed by atoms with Crippen LogP contribution in [0, 0.1) is 0 Å². The van der Waals surface area contributed by atoms with E-state index < -0.39 is 0 Å². The average molecular weight is 314 g/mol. The van der Waals surface area contributed by atoms with Crippen LogP contribution in [0.5, 0.6) is 0 Å². The maximum atomic E-state index is 10.3. The average Bonchev–Trinajstić information content (AvgIpc) is 2.53. The van der Waals surface area contributed by atoms with E-state index in [2.05, 4.69) is 18.7 Å². The van der Waals surface area contributed by atoms with Gasteiger partial charge in [-0.1, -0.05) is 78.1 Å². The van der Waals surface area contributed by atoms with Gasteiger partial charge in [0.25, 0.3) is 6.47 Å². The van der Waals surface area contributed by atoms with Crippen LogP contribution in [0.3, 0.4) is 0 Å². The fraction of sp³-hybridized carbons (Fsp3) is 0.947. The van der Waals surface area contributed by atoms with Crippen LogP contribution in [-0.2, 0) is 9.53 Å². The highest BCUT2D eigenvalue weighted by Gasteiger charge is 2.04. The van der Waals surface area contributed by atoms with E-state index in [1.54, 1.807) is 0 Å². The summed E-state index contributed by atoms with van der Waals surface area (Å²) < 4.78 is 4.86. The van der Waals surface area contributed by atoms with Crippen molar-refractivity contribution < 1.29 is 9.53 Å². The van der Waals surface area contributed by atoms with E-state index in [0.717, 1.165) is 19.6 Å². The quantitative estimate of drug-likeness (QED) is 0.258. The van der Waals surface area contributed by atoms with Crippen molar-refractivity contribution in [3.8, 4) is 0 Å². The highest BCUT2D eigenvalue weighted by Crippen LogP contribution is 2.08. The summed E-state index contributed by atoms with van der Waals surface area (Å²) in [5.41, 5.74) is 0. The third kappa shape index (κ3) is 15.8. The number of unbranched alkanes of at least 4 members (excludes halogenated alkanes) is 10. The molecule has 0 aliphatic heterocycles. The SMILES string of the molecule is CCCCCCCCN(CCCCCCCC)CCOC=O. The molecule has 0 amide bonds. The van der Waals surface area contributed by atoms with Gasteiger partial charge in [0.2, 0.25) is 0 Å². The van der Waals surface area contributed by atoms with E-state index in [-0.39, 0.29) is 0 Å². The molecule has 3 nitrogen and oxygen atoms in total. The normalized spacial score (nSPS) is 11.0. The Labute approximate surface area is 138 Å². The topological polar surface area (TPSA) is 29.5 Å². The number of rotatable bonds is 18. The summed E-state index contributed by atoms with van der Waals surface area (Å²) in [5.74, 6) is 0. The highest BCUT2D eigenvalue weighted by molar-refractivity contribution is 5.36. The molecule has 22 heavy (non-hydrogen) atoms. The van der Waals surface area contributed by atoms with Gasteiger partial charge in [-0.25, -0.2) is 0 Å². The Balaban J connectivity index is 3.67. The monoisotopic (exact) mass is 313 g/mol. The Bertz CT molecular complexity index is 205. The van der Waals surface area contributed by atoms with Crippen LogP contribution in [0.25, 0.3) is 0 Å². The molecule has 3 heteroatoms. The molecule has 0 bridgehead atoms. The molecule has 0 heterocycles. The van der Waals surface area contributed by atoms with Gasteiger partial charge < -0.3 is 4.74 Å². The van der Waals surface area contributed by atoms with Gasteiger partial charge in [-0.15, -0.1) is 0 Å². The van der Waals surface area contributed by atoms with Gasteiger partial charge in [0.1, 0.15) is 6.61 Å². The Morgan fingerprint density at radius 1 is 0.682 bits per heavy atom. The minimum Gasteiger partial charge on any atom is -0.467 e. The third-order valence-corrected chi connectivity index (χ3v) is 4.25. The predicted octanol–water partition coefficient (Wildman–Crippen LogP) is 5.18. The third-order valence-electron chi connectivity index (χ3n) is 4.25. The van der Waals surface area contributed by atoms with Crippen LogP contribution in [0.15, 0.2) is 0 Å². The first-order chi connectivity index (χ1) is 10.8. The number of hydrogen-bond acceptors (Lipinski definition) is 3. The number of carbonyl (C=O) groups excluding carboxylic acids is 1. The van der Waals surface area contributed by atoms with Gasteiger partial charge in [0, 0.05) is 6.54 Å². The second kappa shape index (κ2) is 18.5. The van der Waals surface area contributed by atoms with Crippen molar-refractivity contribution in [2.24, 2.45) is 0 Å². The largest absolute Gasteiger partial charge is 0.467 e. The molecule has 0 unspecified atom stereocenters. The van der Waals surface area contributed by atoms with Crippen LogP contribution in [0.4, 0.5) is 0 Å². The fourth-order valence-electron chi connectivity index (χ4n) is 2.80. The summed E-state index contributed by atoms with van der Waals surface area (Å²) >= 11 is 0. The molecule has 0 saturated carbocycles. The molecule has 0 aromatic rings. The smallest absolute Gasteiger partial charge is 0.293 e. The van der Waals surface area contributed by atoms with Crippen LogP contribution in [-0.4, -0.2) is 37.6 Å². The van der Waals surface area contributed by atoms with E-state index in [4.69, 9.17) is 4.74 Å². The van der Waals surface area contributed by atoms with Crippen molar-refractivity contribution in [1.82, 2.24) is 4.90 Å². The van der Waals surface area contributed by atoms with Crippen LogP contribution in [0.1, 0.15) is 90.9 Å². The van der Waals surface area contributed by atoms with Crippen molar-refractivity contribution >= 4 is 6.47 Å². The molecular formula is C19H39NO2. The maximum absolute atomic E-state index is 10.3. The fourth-order valence-corrected chi connectivity index (χ4v) is 2.80. The summed E-state index contributed by atoms with van der Waals surface area (Å²) in [4.78, 5) is 12.7. The zero-order valence-corrected chi connectivity index (χ0v) is 15.2. The molecule has 0 rings (SSSR count). The Morgan fingerprint density at radius 3 is 1.59 bits per heavy atom. The van der Waals surface area contributed by atoms with Crippen molar-refractivity contribution in [3.63, 3.8) is 0 Å². The summed E-state index contributed by atoms with van der Waals surface area (Å²) in [5, 5.41) is 0. The zero-order valence-electron chi connectivity index (χ0n) is 15.2. The van der Waals surface area contributed by atoms with Gasteiger partial charge in [-0.05, 0) is 25.9 Å². The van der Waals surface area contributed by atoms with Gasteiger partial charge in [-0.2, -0.15) is 0 Å². The molecule has 0 aromatic carbocycles. The first-order valence-corrected chi connectivity index (χ1v) is 9.62. The molecular weight excluding hydrogens is 274 g/mol. The molecule has 0 radical (unpaired) electrons. The molecule has 0 atom stereocenters. The van der Waals surface area contributed by atoms with Crippen molar-refractivity contribution in [2.75, 3.05) is 26.2 Å². The van der Waals surface area contributed by atoms with Gasteiger partial charge in [-0.3, -0.25) is 9.69 Å². The zero-order chi connectivity index (χ0) is 16.3. The molecule has 0 saturated heterocycles. The minimum atomic E-state index is 0.537. The summed E-state index contributed by atoms with van der Waals surface area (Å²) in [6.07, 6.45) is 16.1. The van der Waals surface area contributed by atoms with E-state index in [9.17, 15) is 4.79 Å². The molecule has 0 aromatic heterocycles. The van der Waals surface area contributed by atoms with Crippen LogP contribution >= 0.6 is 0 Å². The van der Waals surface area contributed by atoms with Crippen molar-refractivity contribution in [2.45, 2.75) is 90.9 Å². The van der Waals surface area contributed by atoms with Gasteiger partial charge in [0.05, 0.1) is 0 Å². The Morgan fingerprint density at radius 2 is 1.14 bits per heavy atom. The standard InChI is InChI=1S/C19H39NO2/c1-3-5-7-9-11-13-15-20(17-18-22-19-21)16-14-12-10-8-6-4-2/h19H,3-18H2,1-2H3. The maximum Gasteiger partial charge on any atom is 0.293 e. The van der Waals surface area contributed by atoms with Gasteiger partial charge in [0.15, 0.2) is 0 Å². The summed E-state index contributed by atoms with van der Waals surface area (Å²) in [6.45, 7) is 8.82. The Kier molecular flexibility index (Phi) is 18.0. The van der Waals surface area contributed by atoms with E-state index in [1.165, 1.54) is 77.0 Å². The molecule has 0 fully saturated rings. The number of hydrogen-bond donors (Lipinski definition) is 0. The number of nitrogens with zero attached hydrogens (tertiary/aromatic N) is 1. The Hall–Kier alpha value is -0.570. The predicted molar refractivity (Wildman–Crippen MR) is 95.2 cm³/mol. The molecule has 0 aliphatic carbocycles. The highest BCUT2D eigenvalue weighted by atomic mass is 16.5. The summed E-state index contributed by atoms with van der Waals surface area (Å²) in [6, 6.07) is 0. The first-order valence-electron chi connectivity index (χ1n) is 9.62. The minimum absolute atomic E-state index is 0.537. The van der Waals surface area contributed by atoms with Crippen LogP contribution < -0.4 is 0 Å². The van der Waals surface area contributed by atoms with E-state index in [0.29, 0.717) is 13.1 Å². The van der Waals surface area contributed by atoms with Crippen molar-refractivity contribution in [1.29, 1.82) is 0 Å². The second-order valence-electron chi connectivity index (χ2n) is 6.34. The lowest BCUT2D eigenvalue weighted by molar-refractivity contribution is -0.129. The molecule has 132 valence electrons. The number of carbonyl (C=O) groups is 1. The lowest BCUT2D eigenvalue weighted by Crippen LogP contribution is -2.29. The second-order valence-corrected chi connectivity index (χ2v) is 6.34. The van der Waals surface area contributed by atoms with Crippen molar-refractivity contribution in [3.05, 3.63) is 0 Å². The molecule has 0 N–H and O–H groups in total.